The molecule has 66 valence electrons. The van der Waals surface area contributed by atoms with Gasteiger partial charge in [-0.25, -0.2) is 4.39 Å². The van der Waals surface area contributed by atoms with Crippen molar-refractivity contribution >= 4 is 5.78 Å². The van der Waals surface area contributed by atoms with Crippen molar-refractivity contribution < 1.29 is 14.3 Å². The first-order valence-electron chi connectivity index (χ1n) is 3.50. The highest BCUT2D eigenvalue weighted by molar-refractivity contribution is 5.96. The number of nitrogens with zero attached hydrogens (tertiary/aromatic N) is 1. The molecule has 0 aliphatic carbocycles. The number of aromatic hydroxyl groups is 1. The Kier molecular flexibility index (Phi) is 2.29. The van der Waals surface area contributed by atoms with Crippen LogP contribution in [0.2, 0.25) is 0 Å². The lowest BCUT2D eigenvalue weighted by molar-refractivity contribution is 0.101. The van der Waals surface area contributed by atoms with Gasteiger partial charge in [0.05, 0.1) is 0 Å². The van der Waals surface area contributed by atoms with Gasteiger partial charge in [0.15, 0.2) is 17.3 Å². The summed E-state index contributed by atoms with van der Waals surface area (Å²) >= 11 is 0. The second-order valence-electron chi connectivity index (χ2n) is 2.49. The molecule has 0 fully saturated rings. The number of phenolic OH excluding ortho intramolecular Hbond substituents is 1. The van der Waals surface area contributed by atoms with Gasteiger partial charge in [-0.1, -0.05) is 0 Å². The molecule has 0 spiro atoms. The van der Waals surface area contributed by atoms with Gasteiger partial charge in [-0.15, -0.1) is 0 Å². The Bertz CT molecular complexity index is 407. The van der Waals surface area contributed by atoms with Gasteiger partial charge in [0.25, 0.3) is 0 Å². The summed E-state index contributed by atoms with van der Waals surface area (Å²) in [7, 11) is 0. The Hall–Kier alpha value is -1.89. The number of rotatable bonds is 1. The topological polar surface area (TPSA) is 61.1 Å². The van der Waals surface area contributed by atoms with E-state index in [4.69, 9.17) is 10.4 Å². The lowest BCUT2D eigenvalue weighted by atomic mass is 10.0. The number of hydrogen-bond acceptors (Lipinski definition) is 3. The number of halogens is 1. The largest absolute Gasteiger partial charge is 0.505 e. The van der Waals surface area contributed by atoms with Gasteiger partial charge in [0.2, 0.25) is 0 Å². The van der Waals surface area contributed by atoms with Crippen LogP contribution in [0.4, 0.5) is 4.39 Å². The van der Waals surface area contributed by atoms with Crippen molar-refractivity contribution in [3.05, 3.63) is 29.1 Å². The first-order valence-corrected chi connectivity index (χ1v) is 3.50. The maximum atomic E-state index is 13.0. The summed E-state index contributed by atoms with van der Waals surface area (Å²) in [4.78, 5) is 10.9. The summed E-state index contributed by atoms with van der Waals surface area (Å²) in [5.74, 6) is -2.08. The maximum Gasteiger partial charge on any atom is 0.183 e. The van der Waals surface area contributed by atoms with Crippen LogP contribution in [0.25, 0.3) is 0 Å². The first kappa shape index (κ1) is 9.20. The fourth-order valence-corrected chi connectivity index (χ4v) is 0.968. The minimum absolute atomic E-state index is 0.0159. The predicted octanol–water partition coefficient (Wildman–Crippen LogP) is 1.61. The number of carbonyl (C=O) groups excluding carboxylic acids is 1. The van der Waals surface area contributed by atoms with Crippen LogP contribution in [0.15, 0.2) is 12.1 Å². The molecule has 0 unspecified atom stereocenters. The van der Waals surface area contributed by atoms with E-state index in [-0.39, 0.29) is 5.56 Å². The molecule has 0 aromatic heterocycles. The predicted molar refractivity (Wildman–Crippen MR) is 42.8 cm³/mol. The Labute approximate surface area is 74.0 Å². The molecule has 0 saturated carbocycles. The summed E-state index contributed by atoms with van der Waals surface area (Å²) in [6.45, 7) is 1.23. The van der Waals surface area contributed by atoms with E-state index in [1.54, 1.807) is 0 Å². The van der Waals surface area contributed by atoms with Crippen molar-refractivity contribution in [2.75, 3.05) is 0 Å². The lowest BCUT2D eigenvalue weighted by Crippen LogP contribution is -1.99. The number of Topliss-reactive ketones (excluding diaryl/α,β-unsaturated/α-hetero) is 1. The number of hydrogen-bond donors (Lipinski definition) is 1. The average Bonchev–Trinajstić information content (AvgIpc) is 2.09. The van der Waals surface area contributed by atoms with Crippen LogP contribution in [0, 0.1) is 17.1 Å². The van der Waals surface area contributed by atoms with E-state index in [1.807, 2.05) is 0 Å². The zero-order chi connectivity index (χ0) is 10.0. The van der Waals surface area contributed by atoms with Crippen molar-refractivity contribution in [3.63, 3.8) is 0 Å². The third-order valence-corrected chi connectivity index (χ3v) is 1.61. The van der Waals surface area contributed by atoms with E-state index < -0.39 is 22.9 Å². The van der Waals surface area contributed by atoms with Crippen molar-refractivity contribution in [1.82, 2.24) is 0 Å². The van der Waals surface area contributed by atoms with Crippen LogP contribution in [0.3, 0.4) is 0 Å². The molecular weight excluding hydrogens is 173 g/mol. The van der Waals surface area contributed by atoms with Gasteiger partial charge >= 0.3 is 0 Å². The highest BCUT2D eigenvalue weighted by Gasteiger charge is 2.14. The molecule has 0 heterocycles. The zero-order valence-electron chi connectivity index (χ0n) is 6.84. The van der Waals surface area contributed by atoms with Crippen molar-refractivity contribution in [2.24, 2.45) is 0 Å². The minimum atomic E-state index is -1.05. The monoisotopic (exact) mass is 179 g/mol. The average molecular weight is 179 g/mol. The Morgan fingerprint density at radius 3 is 2.69 bits per heavy atom. The summed E-state index contributed by atoms with van der Waals surface area (Å²) in [6, 6.07) is 3.80. The summed E-state index contributed by atoms with van der Waals surface area (Å²) in [5, 5.41) is 17.4. The highest BCUT2D eigenvalue weighted by atomic mass is 19.1. The molecule has 0 atom stereocenters. The van der Waals surface area contributed by atoms with Crippen LogP contribution in [0.5, 0.6) is 5.75 Å². The van der Waals surface area contributed by atoms with Crippen molar-refractivity contribution in [3.8, 4) is 11.8 Å². The van der Waals surface area contributed by atoms with Gasteiger partial charge in [-0.2, -0.15) is 5.26 Å². The quantitative estimate of drug-likeness (QED) is 0.666. The lowest BCUT2D eigenvalue weighted by Gasteiger charge is -2.01. The van der Waals surface area contributed by atoms with Gasteiger partial charge in [-0.3, -0.25) is 4.79 Å². The number of nitriles is 1. The number of phenols is 1. The molecular formula is C9H6FNO2. The second-order valence-corrected chi connectivity index (χ2v) is 2.49. The zero-order valence-corrected chi connectivity index (χ0v) is 6.84. The molecule has 1 aromatic rings. The summed E-state index contributed by atoms with van der Waals surface area (Å²) in [6.07, 6.45) is 0. The van der Waals surface area contributed by atoms with E-state index in [0.29, 0.717) is 0 Å². The van der Waals surface area contributed by atoms with Crippen molar-refractivity contribution in [2.45, 2.75) is 6.92 Å². The van der Waals surface area contributed by atoms with Crippen LogP contribution in [-0.4, -0.2) is 10.9 Å². The van der Waals surface area contributed by atoms with Gasteiger partial charge in [0, 0.05) is 5.56 Å². The first-order chi connectivity index (χ1) is 6.07. The highest BCUT2D eigenvalue weighted by Crippen LogP contribution is 2.22. The summed E-state index contributed by atoms with van der Waals surface area (Å²) in [5.41, 5.74) is -0.426. The molecule has 1 rings (SSSR count). The van der Waals surface area contributed by atoms with E-state index in [2.05, 4.69) is 0 Å². The Morgan fingerprint density at radius 2 is 2.23 bits per heavy atom. The fourth-order valence-electron chi connectivity index (χ4n) is 0.968. The molecule has 3 nitrogen and oxygen atoms in total. The van der Waals surface area contributed by atoms with Crippen molar-refractivity contribution in [1.29, 1.82) is 5.26 Å². The molecule has 1 N–H and O–H groups in total. The molecule has 0 amide bonds. The second kappa shape index (κ2) is 3.23. The Balaban J connectivity index is 3.50. The molecule has 13 heavy (non-hydrogen) atoms. The van der Waals surface area contributed by atoms with Crippen LogP contribution in [-0.2, 0) is 0 Å². The maximum absolute atomic E-state index is 13.0. The minimum Gasteiger partial charge on any atom is -0.505 e. The van der Waals surface area contributed by atoms with Gasteiger partial charge < -0.3 is 5.11 Å². The number of benzene rings is 1. The Morgan fingerprint density at radius 1 is 1.62 bits per heavy atom. The van der Waals surface area contributed by atoms with E-state index in [9.17, 15) is 9.18 Å². The molecule has 1 aromatic carbocycles. The number of ketones is 1. The molecule has 4 heteroatoms. The molecule has 0 aliphatic rings. The van der Waals surface area contributed by atoms with Gasteiger partial charge in [0.1, 0.15) is 11.6 Å². The van der Waals surface area contributed by atoms with Gasteiger partial charge in [-0.05, 0) is 19.1 Å². The number of carbonyl (C=O) groups is 1. The van der Waals surface area contributed by atoms with Crippen LogP contribution < -0.4 is 0 Å². The third kappa shape index (κ3) is 1.49. The smallest absolute Gasteiger partial charge is 0.183 e. The normalized spacial score (nSPS) is 9.31. The molecule has 0 saturated heterocycles. The van der Waals surface area contributed by atoms with E-state index >= 15 is 0 Å². The molecule has 0 aliphatic heterocycles. The van der Waals surface area contributed by atoms with Crippen LogP contribution >= 0.6 is 0 Å². The van der Waals surface area contributed by atoms with Crippen LogP contribution in [0.1, 0.15) is 22.8 Å². The molecule has 0 radical (unpaired) electrons. The summed E-state index contributed by atoms with van der Waals surface area (Å²) < 4.78 is 13.0. The van der Waals surface area contributed by atoms with E-state index in [0.717, 1.165) is 6.07 Å². The standard InChI is InChI=1S/C9H6FNO2/c1-5(12)6-2-3-8(13)9(10)7(6)4-11/h2-3,13H,1H3. The third-order valence-electron chi connectivity index (χ3n) is 1.61. The molecule has 0 bridgehead atoms. The van der Waals surface area contributed by atoms with E-state index in [1.165, 1.54) is 19.1 Å². The SMILES string of the molecule is CC(=O)c1ccc(O)c(F)c1C#N. The fraction of sp³-hybridized carbons (Fsp3) is 0.111.